The lowest BCUT2D eigenvalue weighted by Gasteiger charge is -2.46. The Morgan fingerprint density at radius 2 is 1.92 bits per heavy atom. The highest BCUT2D eigenvalue weighted by Crippen LogP contribution is 2.28. The molecule has 5 heteroatoms. The van der Waals surface area contributed by atoms with Crippen LogP contribution in [0.4, 0.5) is 4.79 Å². The molecule has 0 bridgehead atoms. The van der Waals surface area contributed by atoms with E-state index in [0.717, 1.165) is 18.6 Å². The number of carbonyl (C=O) groups excluding carboxylic acids is 1. The van der Waals surface area contributed by atoms with E-state index in [1.165, 1.54) is 5.56 Å². The minimum Gasteiger partial charge on any atom is -0.492 e. The van der Waals surface area contributed by atoms with Gasteiger partial charge in [-0.25, -0.2) is 4.79 Å². The van der Waals surface area contributed by atoms with Gasteiger partial charge in [-0.15, -0.1) is 0 Å². The van der Waals surface area contributed by atoms with Crippen molar-refractivity contribution < 1.29 is 9.53 Å². The van der Waals surface area contributed by atoms with Crippen molar-refractivity contribution in [1.82, 2.24) is 15.5 Å². The predicted octanol–water partition coefficient (Wildman–Crippen LogP) is 3.32. The lowest BCUT2D eigenvalue weighted by atomic mass is 9.80. The van der Waals surface area contributed by atoms with Gasteiger partial charge >= 0.3 is 6.03 Å². The van der Waals surface area contributed by atoms with Gasteiger partial charge in [0, 0.05) is 24.2 Å². The molecule has 0 saturated carbocycles. The Bertz CT molecular complexity index is 582. The number of piperidine rings is 1. The standard InChI is InChI=1S/C20H33N3O2/c1-15-8-7-9-17(12-15)25-11-10-23(6)18(24)21-16-13-19(2,3)22-20(4,5)14-16/h7-9,12,16,22H,10-11,13-14H2,1-6H3,(H,21,24). The number of hydrogen-bond donors (Lipinski definition) is 2. The second-order valence-electron chi connectivity index (χ2n) is 8.53. The molecule has 25 heavy (non-hydrogen) atoms. The molecule has 0 aromatic heterocycles. The molecule has 5 nitrogen and oxygen atoms in total. The van der Waals surface area contributed by atoms with Crippen LogP contribution in [0, 0.1) is 6.92 Å². The molecule has 1 aliphatic rings. The zero-order chi connectivity index (χ0) is 18.7. The molecule has 0 atom stereocenters. The highest BCUT2D eigenvalue weighted by Gasteiger charge is 2.38. The van der Waals surface area contributed by atoms with Gasteiger partial charge in [0.1, 0.15) is 12.4 Å². The Hall–Kier alpha value is -1.75. The fourth-order valence-electron chi connectivity index (χ4n) is 3.82. The third-order valence-electron chi connectivity index (χ3n) is 4.55. The molecule has 2 rings (SSSR count). The molecule has 1 aromatic carbocycles. The number of urea groups is 1. The number of aryl methyl sites for hydroxylation is 1. The first-order chi connectivity index (χ1) is 11.6. The van der Waals surface area contributed by atoms with Crippen LogP contribution in [0.15, 0.2) is 24.3 Å². The number of amides is 2. The molecular formula is C20H33N3O2. The van der Waals surface area contributed by atoms with Crippen molar-refractivity contribution in [3.8, 4) is 5.75 Å². The molecule has 0 aliphatic carbocycles. The van der Waals surface area contributed by atoms with Crippen LogP contribution in [-0.4, -0.2) is 48.3 Å². The van der Waals surface area contributed by atoms with Crippen molar-refractivity contribution in [2.24, 2.45) is 0 Å². The molecule has 0 spiro atoms. The Morgan fingerprint density at radius 3 is 2.52 bits per heavy atom. The second-order valence-corrected chi connectivity index (χ2v) is 8.53. The molecule has 1 heterocycles. The zero-order valence-corrected chi connectivity index (χ0v) is 16.5. The topological polar surface area (TPSA) is 53.6 Å². The summed E-state index contributed by atoms with van der Waals surface area (Å²) in [6, 6.07) is 8.09. The number of hydrogen-bond acceptors (Lipinski definition) is 3. The number of likely N-dealkylation sites (N-methyl/N-ethyl adjacent to an activating group) is 1. The van der Waals surface area contributed by atoms with Gasteiger partial charge in [0.25, 0.3) is 0 Å². The van der Waals surface area contributed by atoms with Crippen LogP contribution in [0.1, 0.15) is 46.1 Å². The van der Waals surface area contributed by atoms with E-state index in [2.05, 4.69) is 38.3 Å². The molecule has 1 fully saturated rings. The van der Waals surface area contributed by atoms with Crippen molar-refractivity contribution in [2.75, 3.05) is 20.2 Å². The summed E-state index contributed by atoms with van der Waals surface area (Å²) in [5, 5.41) is 6.82. The molecule has 0 unspecified atom stereocenters. The SMILES string of the molecule is Cc1cccc(OCCN(C)C(=O)NC2CC(C)(C)NC(C)(C)C2)c1. The van der Waals surface area contributed by atoms with Crippen LogP contribution in [0.3, 0.4) is 0 Å². The Balaban J connectivity index is 1.80. The van der Waals surface area contributed by atoms with E-state index in [1.807, 2.05) is 38.2 Å². The number of rotatable bonds is 5. The molecule has 1 saturated heterocycles. The monoisotopic (exact) mass is 347 g/mol. The first kappa shape index (κ1) is 19.6. The summed E-state index contributed by atoms with van der Waals surface area (Å²) in [5.41, 5.74) is 1.21. The van der Waals surface area contributed by atoms with E-state index in [1.54, 1.807) is 4.90 Å². The first-order valence-corrected chi connectivity index (χ1v) is 9.07. The number of benzene rings is 1. The van der Waals surface area contributed by atoms with Crippen molar-refractivity contribution in [1.29, 1.82) is 0 Å². The smallest absolute Gasteiger partial charge is 0.317 e. The van der Waals surface area contributed by atoms with Crippen LogP contribution >= 0.6 is 0 Å². The van der Waals surface area contributed by atoms with Crippen molar-refractivity contribution in [3.05, 3.63) is 29.8 Å². The van der Waals surface area contributed by atoms with Crippen LogP contribution < -0.4 is 15.4 Å². The van der Waals surface area contributed by atoms with Crippen molar-refractivity contribution >= 4 is 6.03 Å². The molecule has 140 valence electrons. The molecule has 2 N–H and O–H groups in total. The number of nitrogens with zero attached hydrogens (tertiary/aromatic N) is 1. The predicted molar refractivity (Wildman–Crippen MR) is 102 cm³/mol. The molecule has 1 aliphatic heterocycles. The quantitative estimate of drug-likeness (QED) is 0.859. The summed E-state index contributed by atoms with van der Waals surface area (Å²) in [4.78, 5) is 14.2. The van der Waals surface area contributed by atoms with Crippen LogP contribution in [0.2, 0.25) is 0 Å². The van der Waals surface area contributed by atoms with Gasteiger partial charge < -0.3 is 20.3 Å². The Morgan fingerprint density at radius 1 is 1.28 bits per heavy atom. The zero-order valence-electron chi connectivity index (χ0n) is 16.5. The summed E-state index contributed by atoms with van der Waals surface area (Å²) in [6.45, 7) is 11.8. The third-order valence-corrected chi connectivity index (χ3v) is 4.55. The van der Waals surface area contributed by atoms with E-state index >= 15 is 0 Å². The molecule has 1 aromatic rings. The van der Waals surface area contributed by atoms with Gasteiger partial charge in [-0.3, -0.25) is 0 Å². The molecule has 0 radical (unpaired) electrons. The number of carbonyl (C=O) groups is 1. The van der Waals surface area contributed by atoms with E-state index in [0.29, 0.717) is 13.2 Å². The Kier molecular flexibility index (Phi) is 5.99. The van der Waals surface area contributed by atoms with Gasteiger partial charge in [-0.1, -0.05) is 12.1 Å². The average Bonchev–Trinajstić information content (AvgIpc) is 2.43. The van der Waals surface area contributed by atoms with E-state index in [9.17, 15) is 4.79 Å². The maximum absolute atomic E-state index is 12.5. The summed E-state index contributed by atoms with van der Waals surface area (Å²) < 4.78 is 5.73. The third kappa shape index (κ3) is 6.24. The summed E-state index contributed by atoms with van der Waals surface area (Å²) >= 11 is 0. The van der Waals surface area contributed by atoms with Crippen molar-refractivity contribution in [3.63, 3.8) is 0 Å². The molecule has 2 amide bonds. The summed E-state index contributed by atoms with van der Waals surface area (Å²) in [5.74, 6) is 0.843. The van der Waals surface area contributed by atoms with E-state index < -0.39 is 0 Å². The minimum absolute atomic E-state index is 0.0204. The second kappa shape index (κ2) is 7.65. The van der Waals surface area contributed by atoms with Gasteiger partial charge in [-0.2, -0.15) is 0 Å². The number of ether oxygens (including phenoxy) is 1. The van der Waals surface area contributed by atoms with Gasteiger partial charge in [0.2, 0.25) is 0 Å². The Labute approximate surface area is 152 Å². The van der Waals surface area contributed by atoms with Gasteiger partial charge in [0.05, 0.1) is 6.54 Å². The fourth-order valence-corrected chi connectivity index (χ4v) is 3.82. The van der Waals surface area contributed by atoms with Crippen LogP contribution in [0.25, 0.3) is 0 Å². The van der Waals surface area contributed by atoms with E-state index in [-0.39, 0.29) is 23.2 Å². The largest absolute Gasteiger partial charge is 0.492 e. The van der Waals surface area contributed by atoms with Gasteiger partial charge in [0.15, 0.2) is 0 Å². The first-order valence-electron chi connectivity index (χ1n) is 9.07. The van der Waals surface area contributed by atoms with Crippen LogP contribution in [-0.2, 0) is 0 Å². The lowest BCUT2D eigenvalue weighted by Crippen LogP contribution is -2.62. The summed E-state index contributed by atoms with van der Waals surface area (Å²) in [7, 11) is 1.81. The highest BCUT2D eigenvalue weighted by atomic mass is 16.5. The normalized spacial score (nSPS) is 19.3. The summed E-state index contributed by atoms with van der Waals surface area (Å²) in [6.07, 6.45) is 1.85. The maximum atomic E-state index is 12.5. The fraction of sp³-hybridized carbons (Fsp3) is 0.650. The maximum Gasteiger partial charge on any atom is 0.317 e. The number of nitrogens with one attached hydrogen (secondary N) is 2. The highest BCUT2D eigenvalue weighted by molar-refractivity contribution is 5.74. The van der Waals surface area contributed by atoms with E-state index in [4.69, 9.17) is 4.74 Å². The van der Waals surface area contributed by atoms with Crippen molar-refractivity contribution in [2.45, 2.75) is 64.6 Å². The lowest BCUT2D eigenvalue weighted by molar-refractivity contribution is 0.139. The molecular weight excluding hydrogens is 314 g/mol. The van der Waals surface area contributed by atoms with Gasteiger partial charge in [-0.05, 0) is 65.2 Å². The van der Waals surface area contributed by atoms with Crippen LogP contribution in [0.5, 0.6) is 5.75 Å². The minimum atomic E-state index is -0.0358. The average molecular weight is 348 g/mol.